The van der Waals surface area contributed by atoms with Crippen LogP contribution < -0.4 is 15.4 Å². The van der Waals surface area contributed by atoms with Gasteiger partial charge in [0.1, 0.15) is 5.75 Å². The topological polar surface area (TPSA) is 53.6 Å². The van der Waals surface area contributed by atoms with Gasteiger partial charge in [-0.25, -0.2) is 0 Å². The molecule has 2 atom stereocenters. The molecule has 0 spiro atoms. The Labute approximate surface area is 138 Å². The van der Waals surface area contributed by atoms with E-state index in [-0.39, 0.29) is 5.91 Å². The lowest BCUT2D eigenvalue weighted by Gasteiger charge is -2.36. The number of carbonyl (C=O) groups excluding carboxylic acids is 1. The number of benzene rings is 1. The third kappa shape index (κ3) is 3.67. The number of nitrogens with zero attached hydrogens (tertiary/aromatic N) is 1. The minimum atomic E-state index is -0.423. The summed E-state index contributed by atoms with van der Waals surface area (Å²) in [5, 5.41) is 6.38. The van der Waals surface area contributed by atoms with E-state index >= 15 is 0 Å². The van der Waals surface area contributed by atoms with Crippen LogP contribution in [0.5, 0.6) is 5.75 Å². The number of piperazine rings is 1. The van der Waals surface area contributed by atoms with Gasteiger partial charge in [-0.2, -0.15) is 0 Å². The Balaban J connectivity index is 1.87. The number of amides is 1. The second-order valence-corrected chi connectivity index (χ2v) is 6.94. The maximum atomic E-state index is 11.9. The summed E-state index contributed by atoms with van der Waals surface area (Å²) in [6.45, 7) is 10.5. The fraction of sp³-hybridized carbons (Fsp3) is 0.611. The van der Waals surface area contributed by atoms with Gasteiger partial charge in [0.2, 0.25) is 0 Å². The van der Waals surface area contributed by atoms with E-state index in [4.69, 9.17) is 4.74 Å². The van der Waals surface area contributed by atoms with Crippen LogP contribution in [-0.4, -0.2) is 43.1 Å². The molecule has 2 N–H and O–H groups in total. The highest BCUT2D eigenvalue weighted by Crippen LogP contribution is 2.35. The van der Waals surface area contributed by atoms with Crippen LogP contribution in [0.4, 0.5) is 5.69 Å². The molecular weight excluding hydrogens is 290 g/mol. The lowest BCUT2D eigenvalue weighted by molar-refractivity contribution is -0.122. The molecule has 1 aromatic rings. The molecule has 2 unspecified atom stereocenters. The van der Waals surface area contributed by atoms with E-state index in [1.54, 1.807) is 6.92 Å². The van der Waals surface area contributed by atoms with Crippen molar-refractivity contribution in [1.29, 1.82) is 0 Å². The molecule has 1 saturated heterocycles. The number of nitrogens with one attached hydrogen (secondary N) is 2. The number of hydrogen-bond acceptors (Lipinski definition) is 4. The molecule has 2 heterocycles. The fourth-order valence-corrected chi connectivity index (χ4v) is 3.37. The largest absolute Gasteiger partial charge is 0.479 e. The van der Waals surface area contributed by atoms with E-state index in [0.29, 0.717) is 12.0 Å². The van der Waals surface area contributed by atoms with Gasteiger partial charge >= 0.3 is 0 Å². The second kappa shape index (κ2) is 6.89. The normalized spacial score (nSPS) is 23.1. The minimum Gasteiger partial charge on any atom is -0.479 e. The molecule has 1 aromatic carbocycles. The van der Waals surface area contributed by atoms with Crippen molar-refractivity contribution in [2.75, 3.05) is 31.5 Å². The Bertz CT molecular complexity index is 567. The maximum absolute atomic E-state index is 11.9. The molecule has 0 saturated carbocycles. The van der Waals surface area contributed by atoms with Crippen molar-refractivity contribution in [1.82, 2.24) is 10.2 Å². The number of ether oxygens (including phenoxy) is 1. The Morgan fingerprint density at radius 2 is 2.04 bits per heavy atom. The highest BCUT2D eigenvalue weighted by atomic mass is 16.5. The highest BCUT2D eigenvalue weighted by Gasteiger charge is 2.27. The van der Waals surface area contributed by atoms with Crippen molar-refractivity contribution >= 4 is 11.6 Å². The van der Waals surface area contributed by atoms with Crippen molar-refractivity contribution in [3.63, 3.8) is 0 Å². The predicted molar refractivity (Wildman–Crippen MR) is 91.8 cm³/mol. The van der Waals surface area contributed by atoms with Gasteiger partial charge < -0.3 is 15.4 Å². The number of carbonyl (C=O) groups is 1. The summed E-state index contributed by atoms with van der Waals surface area (Å²) in [4.78, 5) is 14.4. The molecule has 0 aliphatic carbocycles. The van der Waals surface area contributed by atoms with Crippen molar-refractivity contribution in [2.24, 2.45) is 5.92 Å². The summed E-state index contributed by atoms with van der Waals surface area (Å²) in [5.41, 5.74) is 2.06. The van der Waals surface area contributed by atoms with E-state index in [1.807, 2.05) is 6.07 Å². The minimum absolute atomic E-state index is 0.0720. The first kappa shape index (κ1) is 16.3. The van der Waals surface area contributed by atoms with E-state index in [0.717, 1.165) is 44.0 Å². The lowest BCUT2D eigenvalue weighted by Crippen LogP contribution is -2.45. The summed E-state index contributed by atoms with van der Waals surface area (Å²) in [6, 6.07) is 6.63. The second-order valence-electron chi connectivity index (χ2n) is 6.94. The third-order valence-corrected chi connectivity index (χ3v) is 4.61. The highest BCUT2D eigenvalue weighted by molar-refractivity contribution is 5.97. The lowest BCUT2D eigenvalue weighted by atomic mass is 9.94. The van der Waals surface area contributed by atoms with E-state index < -0.39 is 6.10 Å². The van der Waals surface area contributed by atoms with Gasteiger partial charge in [-0.1, -0.05) is 19.9 Å². The molecule has 126 valence electrons. The molecule has 5 nitrogen and oxygen atoms in total. The first-order chi connectivity index (χ1) is 11.0. The number of fused-ring (bicyclic) bond motifs is 1. The van der Waals surface area contributed by atoms with Crippen LogP contribution in [0.25, 0.3) is 0 Å². The van der Waals surface area contributed by atoms with E-state index in [9.17, 15) is 4.79 Å². The van der Waals surface area contributed by atoms with Gasteiger partial charge in [-0.05, 0) is 37.0 Å². The summed E-state index contributed by atoms with van der Waals surface area (Å²) in [6.07, 6.45) is 0.692. The summed E-state index contributed by atoms with van der Waals surface area (Å²) in [5.74, 6) is 1.32. The van der Waals surface area contributed by atoms with Crippen molar-refractivity contribution in [2.45, 2.75) is 39.3 Å². The molecule has 23 heavy (non-hydrogen) atoms. The zero-order valence-corrected chi connectivity index (χ0v) is 14.3. The average Bonchev–Trinajstić information content (AvgIpc) is 2.54. The van der Waals surface area contributed by atoms with Crippen LogP contribution in [0, 0.1) is 5.92 Å². The van der Waals surface area contributed by atoms with Crippen molar-refractivity contribution in [3.8, 4) is 5.75 Å². The standard InChI is InChI=1S/C18H27N3O2/c1-12(2)10-16(21-8-6-19-7-9-21)14-4-5-17-15(11-14)20-18(22)13(3)23-17/h4-5,11-13,16,19H,6-10H2,1-3H3,(H,20,22). The quantitative estimate of drug-likeness (QED) is 0.895. The van der Waals surface area contributed by atoms with Gasteiger partial charge in [0.15, 0.2) is 6.10 Å². The van der Waals surface area contributed by atoms with Crippen LogP contribution >= 0.6 is 0 Å². The van der Waals surface area contributed by atoms with Gasteiger partial charge in [-0.3, -0.25) is 9.69 Å². The molecule has 1 fully saturated rings. The Morgan fingerprint density at radius 3 is 2.74 bits per heavy atom. The Hall–Kier alpha value is -1.59. The fourth-order valence-electron chi connectivity index (χ4n) is 3.37. The molecule has 0 radical (unpaired) electrons. The first-order valence-corrected chi connectivity index (χ1v) is 8.61. The van der Waals surface area contributed by atoms with E-state index in [2.05, 4.69) is 41.5 Å². The zero-order valence-electron chi connectivity index (χ0n) is 14.3. The van der Waals surface area contributed by atoms with Crippen molar-refractivity contribution < 1.29 is 9.53 Å². The van der Waals surface area contributed by atoms with Crippen LogP contribution in [0.1, 0.15) is 38.8 Å². The summed E-state index contributed by atoms with van der Waals surface area (Å²) >= 11 is 0. The Morgan fingerprint density at radius 1 is 1.30 bits per heavy atom. The number of hydrogen-bond donors (Lipinski definition) is 2. The van der Waals surface area contributed by atoms with Crippen LogP contribution in [0.15, 0.2) is 18.2 Å². The number of rotatable bonds is 4. The van der Waals surface area contributed by atoms with Crippen LogP contribution in [0.2, 0.25) is 0 Å². The number of anilines is 1. The van der Waals surface area contributed by atoms with Gasteiger partial charge in [0.05, 0.1) is 5.69 Å². The van der Waals surface area contributed by atoms with Gasteiger partial charge in [0, 0.05) is 32.2 Å². The zero-order chi connectivity index (χ0) is 16.4. The molecule has 5 heteroatoms. The molecule has 1 amide bonds. The van der Waals surface area contributed by atoms with Gasteiger partial charge in [0.25, 0.3) is 5.91 Å². The molecular formula is C18H27N3O2. The van der Waals surface area contributed by atoms with Crippen LogP contribution in [0.3, 0.4) is 0 Å². The smallest absolute Gasteiger partial charge is 0.265 e. The van der Waals surface area contributed by atoms with E-state index in [1.165, 1.54) is 5.56 Å². The molecule has 0 bridgehead atoms. The summed E-state index contributed by atoms with van der Waals surface area (Å²) in [7, 11) is 0. The summed E-state index contributed by atoms with van der Waals surface area (Å²) < 4.78 is 5.67. The van der Waals surface area contributed by atoms with Crippen LogP contribution in [-0.2, 0) is 4.79 Å². The first-order valence-electron chi connectivity index (χ1n) is 8.61. The molecule has 0 aromatic heterocycles. The SMILES string of the molecule is CC(C)CC(c1ccc2c(c1)NC(=O)C(C)O2)N1CCNCC1. The van der Waals surface area contributed by atoms with Crippen molar-refractivity contribution in [3.05, 3.63) is 23.8 Å². The molecule has 3 rings (SSSR count). The van der Waals surface area contributed by atoms with Gasteiger partial charge in [-0.15, -0.1) is 0 Å². The molecule has 2 aliphatic heterocycles. The third-order valence-electron chi connectivity index (χ3n) is 4.61. The Kier molecular flexibility index (Phi) is 4.87. The molecule has 2 aliphatic rings. The average molecular weight is 317 g/mol. The predicted octanol–water partition coefficient (Wildman–Crippen LogP) is 2.40. The maximum Gasteiger partial charge on any atom is 0.265 e. The monoisotopic (exact) mass is 317 g/mol.